The maximum atomic E-state index is 12.1. The molecule has 3 nitrogen and oxygen atoms in total. The summed E-state index contributed by atoms with van der Waals surface area (Å²) in [5, 5.41) is 0. The van der Waals surface area contributed by atoms with Crippen LogP contribution in [0.3, 0.4) is 0 Å². The van der Waals surface area contributed by atoms with E-state index >= 15 is 0 Å². The number of ether oxygens (including phenoxy) is 1. The molecule has 0 spiro atoms. The van der Waals surface area contributed by atoms with Crippen molar-refractivity contribution in [1.29, 1.82) is 0 Å². The third-order valence-corrected chi connectivity index (χ3v) is 4.55. The van der Waals surface area contributed by atoms with Crippen LogP contribution < -0.4 is 5.73 Å². The Bertz CT molecular complexity index is 487. The quantitative estimate of drug-likeness (QED) is 0.869. The van der Waals surface area contributed by atoms with Crippen molar-refractivity contribution in [1.82, 2.24) is 0 Å². The molecule has 0 amide bonds. The Kier molecular flexibility index (Phi) is 4.71. The molecule has 1 unspecified atom stereocenters. The largest absolute Gasteiger partial charge is 0.469 e. The number of rotatable bonds is 4. The van der Waals surface area contributed by atoms with Gasteiger partial charge in [-0.1, -0.05) is 37.1 Å². The van der Waals surface area contributed by atoms with Crippen molar-refractivity contribution in [2.75, 3.05) is 7.11 Å². The first-order valence-electron chi connectivity index (χ1n) is 7.12. The highest BCUT2D eigenvalue weighted by molar-refractivity contribution is 5.85. The van der Waals surface area contributed by atoms with E-state index in [-0.39, 0.29) is 36.3 Å². The molecule has 0 aliphatic heterocycles. The smallest absolute Gasteiger partial charge is 0.309 e. The van der Waals surface area contributed by atoms with Gasteiger partial charge in [0.2, 0.25) is 0 Å². The predicted octanol–water partition coefficient (Wildman–Crippen LogP) is 2.66. The second-order valence-corrected chi connectivity index (χ2v) is 5.90. The monoisotopic (exact) mass is 295 g/mol. The van der Waals surface area contributed by atoms with E-state index in [4.69, 9.17) is 10.5 Å². The summed E-state index contributed by atoms with van der Waals surface area (Å²) in [6.07, 6.45) is 4.30. The summed E-state index contributed by atoms with van der Waals surface area (Å²) in [7, 11) is 1.48. The highest BCUT2D eigenvalue weighted by Crippen LogP contribution is 2.44. The minimum absolute atomic E-state index is 0. The van der Waals surface area contributed by atoms with Crippen molar-refractivity contribution in [2.45, 2.75) is 37.6 Å². The van der Waals surface area contributed by atoms with Gasteiger partial charge in [0.15, 0.2) is 0 Å². The van der Waals surface area contributed by atoms with Crippen molar-refractivity contribution in [2.24, 2.45) is 17.6 Å². The summed E-state index contributed by atoms with van der Waals surface area (Å²) in [5.41, 5.74) is 8.86. The zero-order chi connectivity index (χ0) is 13.4. The van der Waals surface area contributed by atoms with Gasteiger partial charge in [-0.15, -0.1) is 12.4 Å². The van der Waals surface area contributed by atoms with Crippen LogP contribution in [-0.4, -0.2) is 19.1 Å². The van der Waals surface area contributed by atoms with Crippen LogP contribution in [0, 0.1) is 11.8 Å². The lowest BCUT2D eigenvalue weighted by atomic mass is 9.81. The molecule has 3 rings (SSSR count). The average molecular weight is 296 g/mol. The lowest BCUT2D eigenvalue weighted by Crippen LogP contribution is -2.35. The molecule has 4 heteroatoms. The Morgan fingerprint density at radius 1 is 1.40 bits per heavy atom. The van der Waals surface area contributed by atoms with E-state index in [0.29, 0.717) is 5.92 Å². The zero-order valence-electron chi connectivity index (χ0n) is 11.7. The standard InChI is InChI=1S/C16H21NO2.ClH/c1-19-16(18)13(8-10-6-7-10)15-12-5-3-2-4-11(12)9-14(15)17;/h2-5,10,13-15H,6-9,17H2,1H3;1H/t13?,14-,15+;/m1./s1. The molecule has 1 saturated carbocycles. The van der Waals surface area contributed by atoms with Gasteiger partial charge >= 0.3 is 5.97 Å². The number of benzene rings is 1. The first-order chi connectivity index (χ1) is 9.20. The second-order valence-electron chi connectivity index (χ2n) is 5.90. The molecule has 0 radical (unpaired) electrons. The number of methoxy groups -OCH3 is 1. The van der Waals surface area contributed by atoms with Crippen LogP contribution >= 0.6 is 12.4 Å². The van der Waals surface area contributed by atoms with Crippen LogP contribution in [0.4, 0.5) is 0 Å². The third kappa shape index (κ3) is 2.84. The Labute approximate surface area is 126 Å². The number of carbonyl (C=O) groups excluding carboxylic acids is 1. The number of hydrogen-bond acceptors (Lipinski definition) is 3. The lowest BCUT2D eigenvalue weighted by molar-refractivity contribution is -0.146. The highest BCUT2D eigenvalue weighted by Gasteiger charge is 2.42. The molecule has 0 aromatic heterocycles. The SMILES string of the molecule is COC(=O)C(CC1CC1)[C@@H]1c2ccccc2C[C@H]1N.Cl. The molecule has 0 saturated heterocycles. The van der Waals surface area contributed by atoms with Gasteiger partial charge in [-0.25, -0.2) is 0 Å². The summed E-state index contributed by atoms with van der Waals surface area (Å²) in [6, 6.07) is 8.37. The molecule has 3 atom stereocenters. The van der Waals surface area contributed by atoms with Crippen LogP contribution in [0.15, 0.2) is 24.3 Å². The molecule has 2 N–H and O–H groups in total. The van der Waals surface area contributed by atoms with Crippen LogP contribution in [-0.2, 0) is 16.0 Å². The Morgan fingerprint density at radius 2 is 2.10 bits per heavy atom. The summed E-state index contributed by atoms with van der Waals surface area (Å²) < 4.78 is 5.02. The van der Waals surface area contributed by atoms with Crippen LogP contribution in [0.1, 0.15) is 36.3 Å². The average Bonchev–Trinajstić information content (AvgIpc) is 3.17. The highest BCUT2D eigenvalue weighted by atomic mass is 35.5. The second kappa shape index (κ2) is 6.15. The van der Waals surface area contributed by atoms with Crippen LogP contribution in [0.25, 0.3) is 0 Å². The van der Waals surface area contributed by atoms with Gasteiger partial charge in [0.1, 0.15) is 0 Å². The first kappa shape index (κ1) is 15.3. The van der Waals surface area contributed by atoms with Gasteiger partial charge in [-0.2, -0.15) is 0 Å². The van der Waals surface area contributed by atoms with Gasteiger partial charge in [0.25, 0.3) is 0 Å². The Balaban J connectivity index is 0.00000147. The maximum Gasteiger partial charge on any atom is 0.309 e. The van der Waals surface area contributed by atoms with Gasteiger partial charge in [0.05, 0.1) is 13.0 Å². The molecule has 20 heavy (non-hydrogen) atoms. The first-order valence-corrected chi connectivity index (χ1v) is 7.12. The van der Waals surface area contributed by atoms with Crippen LogP contribution in [0.2, 0.25) is 0 Å². The van der Waals surface area contributed by atoms with Crippen molar-refractivity contribution in [3.05, 3.63) is 35.4 Å². The number of hydrogen-bond donors (Lipinski definition) is 1. The van der Waals surface area contributed by atoms with Gasteiger partial charge in [-0.05, 0) is 29.9 Å². The fourth-order valence-corrected chi connectivity index (χ4v) is 3.43. The molecule has 2 aliphatic rings. The van der Waals surface area contributed by atoms with Crippen molar-refractivity contribution in [3.8, 4) is 0 Å². The van der Waals surface area contributed by atoms with E-state index in [0.717, 1.165) is 12.8 Å². The molecule has 110 valence electrons. The molecular weight excluding hydrogens is 274 g/mol. The molecule has 2 aliphatic carbocycles. The fraction of sp³-hybridized carbons (Fsp3) is 0.562. The fourth-order valence-electron chi connectivity index (χ4n) is 3.43. The third-order valence-electron chi connectivity index (χ3n) is 4.55. The number of nitrogens with two attached hydrogens (primary N) is 1. The number of esters is 1. The molecule has 1 aromatic carbocycles. The van der Waals surface area contributed by atoms with E-state index in [1.54, 1.807) is 0 Å². The summed E-state index contributed by atoms with van der Waals surface area (Å²) in [5.74, 6) is 0.661. The molecule has 1 aromatic rings. The zero-order valence-corrected chi connectivity index (χ0v) is 12.6. The summed E-state index contributed by atoms with van der Waals surface area (Å²) >= 11 is 0. The molecule has 0 heterocycles. The van der Waals surface area contributed by atoms with Crippen molar-refractivity contribution >= 4 is 18.4 Å². The van der Waals surface area contributed by atoms with E-state index in [9.17, 15) is 4.79 Å². The molecular formula is C16H22ClNO2. The maximum absolute atomic E-state index is 12.1. The predicted molar refractivity (Wildman–Crippen MR) is 81.0 cm³/mol. The van der Waals surface area contributed by atoms with E-state index in [1.807, 2.05) is 12.1 Å². The van der Waals surface area contributed by atoms with E-state index in [1.165, 1.54) is 31.1 Å². The van der Waals surface area contributed by atoms with Gasteiger partial charge in [0, 0.05) is 12.0 Å². The molecule has 1 fully saturated rings. The topological polar surface area (TPSA) is 52.3 Å². The summed E-state index contributed by atoms with van der Waals surface area (Å²) in [6.45, 7) is 0. The minimum Gasteiger partial charge on any atom is -0.469 e. The van der Waals surface area contributed by atoms with Gasteiger partial charge < -0.3 is 10.5 Å². The van der Waals surface area contributed by atoms with Crippen LogP contribution in [0.5, 0.6) is 0 Å². The number of fused-ring (bicyclic) bond motifs is 1. The Morgan fingerprint density at radius 3 is 2.75 bits per heavy atom. The van der Waals surface area contributed by atoms with Crippen molar-refractivity contribution < 1.29 is 9.53 Å². The van der Waals surface area contributed by atoms with Gasteiger partial charge in [-0.3, -0.25) is 4.79 Å². The van der Waals surface area contributed by atoms with E-state index < -0.39 is 0 Å². The minimum atomic E-state index is -0.0935. The van der Waals surface area contributed by atoms with Crippen molar-refractivity contribution in [3.63, 3.8) is 0 Å². The normalized spacial score (nSPS) is 25.5. The number of carbonyl (C=O) groups is 1. The lowest BCUT2D eigenvalue weighted by Gasteiger charge is -2.25. The Hall–Kier alpha value is -1.06. The number of halogens is 1. The van der Waals surface area contributed by atoms with E-state index in [2.05, 4.69) is 12.1 Å². The molecule has 0 bridgehead atoms. The summed E-state index contributed by atoms with van der Waals surface area (Å²) in [4.78, 5) is 12.1.